The minimum atomic E-state index is -1.15. The lowest BCUT2D eigenvalue weighted by molar-refractivity contribution is -0.304. The number of aromatic nitrogens is 2. The normalized spacial score (nSPS) is 11.6. The van der Waals surface area contributed by atoms with Crippen molar-refractivity contribution in [3.05, 3.63) is 24.3 Å². The number of nitrogens with one attached hydrogen (secondary N) is 2. The molecule has 0 aliphatic rings. The van der Waals surface area contributed by atoms with Crippen molar-refractivity contribution in [2.75, 3.05) is 17.7 Å². The minimum absolute atomic E-state index is 0.275. The first-order valence-corrected chi connectivity index (χ1v) is 8.64. The third-order valence-corrected chi connectivity index (χ3v) is 5.12. The van der Waals surface area contributed by atoms with Crippen LogP contribution in [0.1, 0.15) is 13.3 Å². The number of hydrogen-bond donors (Lipinski definition) is 2. The Hall–Kier alpha value is -2.33. The zero-order valence-electron chi connectivity index (χ0n) is 12.9. The number of anilines is 2. The first-order chi connectivity index (χ1) is 11.5. The smallest absolute Gasteiger partial charge is 0.325 e. The molecule has 0 saturated heterocycles. The number of benzene rings is 1. The second-order valence-corrected chi connectivity index (χ2v) is 6.94. The molecule has 0 unspecified atom stereocenters. The summed E-state index contributed by atoms with van der Waals surface area (Å²) in [5, 5.41) is 23.3. The Kier molecular flexibility index (Phi) is 6.38. The van der Waals surface area contributed by atoms with Crippen LogP contribution in [0.3, 0.4) is 0 Å². The van der Waals surface area contributed by atoms with Gasteiger partial charge in [0.2, 0.25) is 5.13 Å². The average molecular weight is 367 g/mol. The van der Waals surface area contributed by atoms with Gasteiger partial charge in [-0.1, -0.05) is 30.0 Å². The molecule has 0 saturated carbocycles. The molecule has 2 aromatic rings. The van der Waals surface area contributed by atoms with Gasteiger partial charge in [0.05, 0.1) is 18.3 Å². The lowest BCUT2D eigenvalue weighted by Gasteiger charge is -2.12. The maximum Gasteiger partial charge on any atom is 0.325 e. The number of hydrogen-bond acceptors (Lipinski definition) is 8. The fourth-order valence-electron chi connectivity index (χ4n) is 1.66. The van der Waals surface area contributed by atoms with Crippen molar-refractivity contribution in [2.45, 2.75) is 22.9 Å². The molecule has 1 heterocycles. The predicted molar refractivity (Wildman–Crippen MR) is 90.5 cm³/mol. The molecule has 1 aromatic carbocycles. The van der Waals surface area contributed by atoms with E-state index in [-0.39, 0.29) is 5.13 Å². The van der Waals surface area contributed by atoms with Crippen LogP contribution >= 0.6 is 23.1 Å². The summed E-state index contributed by atoms with van der Waals surface area (Å²) in [5.74, 6) is -0.463. The van der Waals surface area contributed by atoms with E-state index in [1.807, 2.05) is 0 Å². The number of methoxy groups -OCH3 is 1. The third-order valence-electron chi connectivity index (χ3n) is 2.85. The highest BCUT2D eigenvalue weighted by molar-refractivity contribution is 8.02. The summed E-state index contributed by atoms with van der Waals surface area (Å²) >= 11 is 2.15. The van der Waals surface area contributed by atoms with Crippen LogP contribution in [0, 0.1) is 0 Å². The number of aliphatic carboxylic acids is 1. The van der Waals surface area contributed by atoms with Gasteiger partial charge in [-0.05, 0) is 30.7 Å². The molecule has 0 bridgehead atoms. The van der Waals surface area contributed by atoms with Gasteiger partial charge in [-0.25, -0.2) is 4.79 Å². The molecule has 0 radical (unpaired) electrons. The minimum Gasteiger partial charge on any atom is -0.549 e. The van der Waals surface area contributed by atoms with E-state index in [4.69, 9.17) is 4.74 Å². The molecule has 1 atom stereocenters. The van der Waals surface area contributed by atoms with Crippen LogP contribution in [-0.4, -0.2) is 34.6 Å². The Morgan fingerprint density at radius 1 is 1.29 bits per heavy atom. The van der Waals surface area contributed by atoms with Crippen molar-refractivity contribution in [3.63, 3.8) is 0 Å². The topological polar surface area (TPSA) is 116 Å². The molecular weight excluding hydrogens is 352 g/mol. The molecule has 2 amide bonds. The third kappa shape index (κ3) is 5.10. The number of rotatable bonds is 7. The zero-order valence-corrected chi connectivity index (χ0v) is 14.6. The molecule has 24 heavy (non-hydrogen) atoms. The van der Waals surface area contributed by atoms with E-state index in [1.165, 1.54) is 0 Å². The van der Waals surface area contributed by atoms with E-state index in [9.17, 15) is 14.7 Å². The van der Waals surface area contributed by atoms with Crippen molar-refractivity contribution in [2.24, 2.45) is 0 Å². The molecule has 128 valence electrons. The van der Waals surface area contributed by atoms with Gasteiger partial charge in [0, 0.05) is 5.69 Å². The van der Waals surface area contributed by atoms with E-state index < -0.39 is 17.3 Å². The maximum absolute atomic E-state index is 11.9. The molecule has 2 rings (SSSR count). The van der Waals surface area contributed by atoms with Gasteiger partial charge in [-0.15, -0.1) is 10.2 Å². The molecule has 1 aromatic heterocycles. The Morgan fingerprint density at radius 3 is 2.58 bits per heavy atom. The van der Waals surface area contributed by atoms with E-state index in [1.54, 1.807) is 38.3 Å². The van der Waals surface area contributed by atoms with Crippen LogP contribution < -0.4 is 20.5 Å². The molecule has 0 spiro atoms. The van der Waals surface area contributed by atoms with Crippen LogP contribution in [0.2, 0.25) is 0 Å². The molecule has 2 N–H and O–H groups in total. The molecule has 0 fully saturated rings. The molecule has 0 aliphatic heterocycles. The summed E-state index contributed by atoms with van der Waals surface area (Å²) in [7, 11) is 1.56. The Morgan fingerprint density at radius 2 is 2.00 bits per heavy atom. The van der Waals surface area contributed by atoms with Gasteiger partial charge < -0.3 is 20.0 Å². The van der Waals surface area contributed by atoms with E-state index in [2.05, 4.69) is 20.8 Å². The van der Waals surface area contributed by atoms with E-state index >= 15 is 0 Å². The van der Waals surface area contributed by atoms with Gasteiger partial charge in [0.25, 0.3) is 0 Å². The van der Waals surface area contributed by atoms with Crippen molar-refractivity contribution in [3.8, 4) is 5.75 Å². The molecular formula is C14H15N4O4S2-. The second kappa shape index (κ2) is 8.50. The molecule has 0 aliphatic carbocycles. The van der Waals surface area contributed by atoms with Crippen molar-refractivity contribution in [1.82, 2.24) is 10.2 Å². The lowest BCUT2D eigenvalue weighted by Crippen LogP contribution is -2.32. The summed E-state index contributed by atoms with van der Waals surface area (Å²) in [6, 6.07) is 6.37. The maximum atomic E-state index is 11.9. The van der Waals surface area contributed by atoms with Crippen molar-refractivity contribution < 1.29 is 19.4 Å². The van der Waals surface area contributed by atoms with Gasteiger partial charge in [0.1, 0.15) is 5.75 Å². The zero-order chi connectivity index (χ0) is 17.5. The number of urea groups is 1. The van der Waals surface area contributed by atoms with E-state index in [0.29, 0.717) is 22.2 Å². The summed E-state index contributed by atoms with van der Waals surface area (Å²) in [6.07, 6.45) is 0.410. The number of nitrogens with zero attached hydrogens (tertiary/aromatic N) is 2. The van der Waals surface area contributed by atoms with Gasteiger partial charge in [0.15, 0.2) is 4.34 Å². The van der Waals surface area contributed by atoms with Gasteiger partial charge in [-0.2, -0.15) is 0 Å². The number of carboxylic acid groups (broad SMARTS) is 1. The van der Waals surface area contributed by atoms with Crippen LogP contribution in [0.15, 0.2) is 28.6 Å². The van der Waals surface area contributed by atoms with Gasteiger partial charge >= 0.3 is 6.03 Å². The highest BCUT2D eigenvalue weighted by atomic mass is 32.2. The monoisotopic (exact) mass is 367 g/mol. The second-order valence-electron chi connectivity index (χ2n) is 4.51. The van der Waals surface area contributed by atoms with Crippen LogP contribution in [0.4, 0.5) is 15.6 Å². The number of carbonyl (C=O) groups excluding carboxylic acids is 2. The Bertz CT molecular complexity index is 705. The average Bonchev–Trinajstić information content (AvgIpc) is 3.00. The van der Waals surface area contributed by atoms with E-state index in [0.717, 1.165) is 23.1 Å². The number of ether oxygens (including phenoxy) is 1. The Labute approximate surface area is 146 Å². The number of carboxylic acids is 1. The lowest BCUT2D eigenvalue weighted by atomic mass is 10.3. The van der Waals surface area contributed by atoms with Crippen LogP contribution in [0.5, 0.6) is 5.75 Å². The fraction of sp³-hybridized carbons (Fsp3) is 0.286. The standard InChI is InChI=1S/C14H16N4O4S2/c1-3-10(11(19)20)23-14-18-17-13(24-14)16-12(21)15-8-4-6-9(22-2)7-5-8/h4-7,10H,3H2,1-2H3,(H,19,20)(H2,15,16,17,21)/p-1/t10-/m1/s1. The molecule has 10 heteroatoms. The summed E-state index contributed by atoms with van der Waals surface area (Å²) in [5.41, 5.74) is 0.593. The predicted octanol–water partition coefficient (Wildman–Crippen LogP) is 1.81. The summed E-state index contributed by atoms with van der Waals surface area (Å²) in [4.78, 5) is 22.8. The van der Waals surface area contributed by atoms with Crippen molar-refractivity contribution in [1.29, 1.82) is 0 Å². The first kappa shape index (κ1) is 18.0. The van der Waals surface area contributed by atoms with Crippen LogP contribution in [-0.2, 0) is 4.79 Å². The summed E-state index contributed by atoms with van der Waals surface area (Å²) < 4.78 is 5.49. The number of thioether (sulfide) groups is 1. The number of amides is 2. The summed E-state index contributed by atoms with van der Waals surface area (Å²) in [6.45, 7) is 1.75. The number of carbonyl (C=O) groups is 2. The quantitative estimate of drug-likeness (QED) is 0.566. The highest BCUT2D eigenvalue weighted by Crippen LogP contribution is 2.30. The molecule has 8 nitrogen and oxygen atoms in total. The SMILES string of the molecule is CC[C@@H](Sc1nnc(NC(=O)Nc2ccc(OC)cc2)s1)C(=O)[O-]. The highest BCUT2D eigenvalue weighted by Gasteiger charge is 2.14. The Balaban J connectivity index is 1.91. The van der Waals surface area contributed by atoms with Crippen LogP contribution in [0.25, 0.3) is 0 Å². The van der Waals surface area contributed by atoms with Gasteiger partial charge in [-0.3, -0.25) is 5.32 Å². The largest absolute Gasteiger partial charge is 0.549 e. The van der Waals surface area contributed by atoms with Crippen molar-refractivity contribution >= 4 is 45.9 Å². The fourth-order valence-corrected chi connectivity index (χ4v) is 3.51. The first-order valence-electron chi connectivity index (χ1n) is 6.95.